The van der Waals surface area contributed by atoms with Crippen molar-refractivity contribution in [2.24, 2.45) is 0 Å². The predicted molar refractivity (Wildman–Crippen MR) is 109 cm³/mol. The number of benzene rings is 3. The molecule has 0 radical (unpaired) electrons. The summed E-state index contributed by atoms with van der Waals surface area (Å²) < 4.78 is 13.7. The number of carbonyl (C=O) groups is 1. The van der Waals surface area contributed by atoms with Crippen molar-refractivity contribution in [3.8, 4) is 0 Å². The third-order valence-electron chi connectivity index (χ3n) is 5.51. The van der Waals surface area contributed by atoms with Crippen molar-refractivity contribution in [2.75, 3.05) is 18.0 Å². The lowest BCUT2D eigenvalue weighted by molar-refractivity contribution is 0.0692. The van der Waals surface area contributed by atoms with E-state index in [0.717, 1.165) is 25.2 Å². The van der Waals surface area contributed by atoms with Gasteiger partial charge >= 0.3 is 5.97 Å². The summed E-state index contributed by atoms with van der Waals surface area (Å²) in [6.45, 7) is 3.75. The van der Waals surface area contributed by atoms with Gasteiger partial charge in [-0.3, -0.25) is 0 Å². The average Bonchev–Trinajstić information content (AvgIpc) is 3.16. The fourth-order valence-electron chi connectivity index (χ4n) is 4.08. The number of fused-ring (bicyclic) bond motifs is 1. The van der Waals surface area contributed by atoms with Crippen LogP contribution in [0, 0.1) is 5.82 Å². The summed E-state index contributed by atoms with van der Waals surface area (Å²) in [5.74, 6) is -1.94. The van der Waals surface area contributed by atoms with E-state index in [4.69, 9.17) is 5.11 Å². The molecule has 0 aliphatic carbocycles. The summed E-state index contributed by atoms with van der Waals surface area (Å²) in [4.78, 5) is 13.3. The molecule has 28 heavy (non-hydrogen) atoms. The SMILES string of the molecule is CC(N[C@H]1CCN(c2ccc(F)c(C(=O)O)c2)C1)c1cccc2ccccc12. The summed E-state index contributed by atoms with van der Waals surface area (Å²) in [7, 11) is 0. The Kier molecular flexibility index (Phi) is 5.01. The second kappa shape index (κ2) is 7.60. The Balaban J connectivity index is 1.48. The predicted octanol–water partition coefficient (Wildman–Crippen LogP) is 4.61. The van der Waals surface area contributed by atoms with E-state index in [1.165, 1.54) is 28.5 Å². The molecule has 3 aromatic rings. The van der Waals surface area contributed by atoms with Gasteiger partial charge in [0.15, 0.2) is 0 Å². The molecule has 5 heteroatoms. The smallest absolute Gasteiger partial charge is 0.338 e. The van der Waals surface area contributed by atoms with Crippen LogP contribution in [0.4, 0.5) is 10.1 Å². The highest BCUT2D eigenvalue weighted by molar-refractivity contribution is 5.89. The molecular weight excluding hydrogens is 355 g/mol. The second-order valence-corrected chi connectivity index (χ2v) is 7.36. The minimum Gasteiger partial charge on any atom is -0.478 e. The van der Waals surface area contributed by atoms with Crippen molar-refractivity contribution in [3.63, 3.8) is 0 Å². The number of nitrogens with one attached hydrogen (secondary N) is 1. The largest absolute Gasteiger partial charge is 0.478 e. The zero-order valence-corrected chi connectivity index (χ0v) is 15.7. The van der Waals surface area contributed by atoms with Crippen LogP contribution >= 0.6 is 0 Å². The molecule has 1 aliphatic heterocycles. The molecule has 2 N–H and O–H groups in total. The number of carboxylic acid groups (broad SMARTS) is 1. The minimum absolute atomic E-state index is 0.193. The first kappa shape index (κ1) is 18.4. The van der Waals surface area contributed by atoms with Gasteiger partial charge in [-0.1, -0.05) is 42.5 Å². The summed E-state index contributed by atoms with van der Waals surface area (Å²) >= 11 is 0. The average molecular weight is 378 g/mol. The van der Waals surface area contributed by atoms with E-state index < -0.39 is 11.8 Å². The number of carboxylic acids is 1. The van der Waals surface area contributed by atoms with Gasteiger partial charge in [-0.05, 0) is 47.9 Å². The Hall–Kier alpha value is -2.92. The standard InChI is InChI=1S/C23H23FN2O2/c1-15(19-8-4-6-16-5-2-3-7-20(16)19)25-17-11-12-26(14-17)18-9-10-22(24)21(13-18)23(27)28/h2-10,13,15,17,25H,11-12,14H2,1H3,(H,27,28)/t15?,17-/m0/s1. The highest BCUT2D eigenvalue weighted by Crippen LogP contribution is 2.27. The molecule has 0 amide bonds. The lowest BCUT2D eigenvalue weighted by atomic mass is 9.99. The van der Waals surface area contributed by atoms with Gasteiger partial charge in [-0.2, -0.15) is 0 Å². The first-order valence-electron chi connectivity index (χ1n) is 9.54. The summed E-state index contributed by atoms with van der Waals surface area (Å²) in [6, 6.07) is 19.5. The van der Waals surface area contributed by atoms with Crippen LogP contribution in [0.2, 0.25) is 0 Å². The second-order valence-electron chi connectivity index (χ2n) is 7.36. The molecule has 0 spiro atoms. The number of nitrogens with zero attached hydrogens (tertiary/aromatic N) is 1. The van der Waals surface area contributed by atoms with Crippen LogP contribution in [-0.4, -0.2) is 30.2 Å². The lowest BCUT2D eigenvalue weighted by Gasteiger charge is -2.23. The first-order valence-corrected chi connectivity index (χ1v) is 9.54. The molecule has 4 rings (SSSR count). The maximum atomic E-state index is 13.7. The summed E-state index contributed by atoms with van der Waals surface area (Å²) in [6.07, 6.45) is 0.953. The van der Waals surface area contributed by atoms with Crippen LogP contribution in [-0.2, 0) is 0 Å². The Morgan fingerprint density at radius 3 is 2.79 bits per heavy atom. The Bertz CT molecular complexity index is 1020. The van der Waals surface area contributed by atoms with Crippen molar-refractivity contribution < 1.29 is 14.3 Å². The van der Waals surface area contributed by atoms with Gasteiger partial charge in [0.25, 0.3) is 0 Å². The lowest BCUT2D eigenvalue weighted by Crippen LogP contribution is -2.34. The summed E-state index contributed by atoms with van der Waals surface area (Å²) in [5.41, 5.74) is 1.74. The van der Waals surface area contributed by atoms with Crippen molar-refractivity contribution >= 4 is 22.4 Å². The van der Waals surface area contributed by atoms with Gasteiger partial charge in [0.05, 0.1) is 5.56 Å². The molecule has 4 nitrogen and oxygen atoms in total. The van der Waals surface area contributed by atoms with Crippen LogP contribution < -0.4 is 10.2 Å². The first-order chi connectivity index (χ1) is 13.5. The van der Waals surface area contributed by atoms with Gasteiger partial charge in [-0.25, -0.2) is 9.18 Å². The van der Waals surface area contributed by atoms with Gasteiger partial charge in [0.1, 0.15) is 5.82 Å². The maximum absolute atomic E-state index is 13.7. The molecule has 1 fully saturated rings. The summed E-state index contributed by atoms with van der Waals surface area (Å²) in [5, 5.41) is 15.3. The Morgan fingerprint density at radius 1 is 1.18 bits per heavy atom. The minimum atomic E-state index is -1.24. The fraction of sp³-hybridized carbons (Fsp3) is 0.261. The van der Waals surface area contributed by atoms with E-state index >= 15 is 0 Å². The van der Waals surface area contributed by atoms with Crippen LogP contribution in [0.15, 0.2) is 60.7 Å². The van der Waals surface area contributed by atoms with Gasteiger partial charge in [-0.15, -0.1) is 0 Å². The molecule has 0 bridgehead atoms. The van der Waals surface area contributed by atoms with E-state index in [1.54, 1.807) is 6.07 Å². The molecule has 3 aromatic carbocycles. The molecular formula is C23H23FN2O2. The zero-order valence-electron chi connectivity index (χ0n) is 15.7. The molecule has 1 aliphatic rings. The fourth-order valence-corrected chi connectivity index (χ4v) is 4.08. The number of hydrogen-bond acceptors (Lipinski definition) is 3. The number of rotatable bonds is 5. The van der Waals surface area contributed by atoms with Gasteiger partial charge in [0.2, 0.25) is 0 Å². The molecule has 0 aromatic heterocycles. The molecule has 144 valence electrons. The number of anilines is 1. The van der Waals surface area contributed by atoms with Crippen LogP contribution in [0.1, 0.15) is 35.3 Å². The number of halogens is 1. The van der Waals surface area contributed by atoms with E-state index in [-0.39, 0.29) is 17.6 Å². The van der Waals surface area contributed by atoms with Crippen molar-refractivity contribution in [1.29, 1.82) is 0 Å². The third-order valence-corrected chi connectivity index (χ3v) is 5.51. The zero-order chi connectivity index (χ0) is 19.7. The van der Waals surface area contributed by atoms with E-state index in [2.05, 4.69) is 53.5 Å². The van der Waals surface area contributed by atoms with Crippen LogP contribution in [0.5, 0.6) is 0 Å². The Labute approximate surface area is 163 Å². The normalized spacial score (nSPS) is 17.8. The molecule has 0 saturated carbocycles. The van der Waals surface area contributed by atoms with E-state index in [9.17, 15) is 9.18 Å². The highest BCUT2D eigenvalue weighted by Gasteiger charge is 2.25. The van der Waals surface area contributed by atoms with E-state index in [0.29, 0.717) is 0 Å². The number of hydrogen-bond donors (Lipinski definition) is 2. The van der Waals surface area contributed by atoms with Crippen molar-refractivity contribution in [3.05, 3.63) is 77.6 Å². The highest BCUT2D eigenvalue weighted by atomic mass is 19.1. The molecule has 1 heterocycles. The van der Waals surface area contributed by atoms with Crippen molar-refractivity contribution in [2.45, 2.75) is 25.4 Å². The van der Waals surface area contributed by atoms with Gasteiger partial charge < -0.3 is 15.3 Å². The molecule has 1 saturated heterocycles. The van der Waals surface area contributed by atoms with Crippen LogP contribution in [0.3, 0.4) is 0 Å². The molecule has 2 atom stereocenters. The van der Waals surface area contributed by atoms with Gasteiger partial charge in [0, 0.05) is 30.9 Å². The quantitative estimate of drug-likeness (QED) is 0.681. The monoisotopic (exact) mass is 378 g/mol. The van der Waals surface area contributed by atoms with Crippen LogP contribution in [0.25, 0.3) is 10.8 Å². The molecule has 1 unspecified atom stereocenters. The topological polar surface area (TPSA) is 52.6 Å². The third kappa shape index (κ3) is 3.58. The van der Waals surface area contributed by atoms with Crippen molar-refractivity contribution in [1.82, 2.24) is 5.32 Å². The van der Waals surface area contributed by atoms with E-state index in [1.807, 2.05) is 6.07 Å². The number of aromatic carboxylic acids is 1. The Morgan fingerprint density at radius 2 is 1.96 bits per heavy atom. The maximum Gasteiger partial charge on any atom is 0.338 e.